The number of amides is 2. The van der Waals surface area contributed by atoms with Crippen molar-refractivity contribution in [2.24, 2.45) is 0 Å². The van der Waals surface area contributed by atoms with Gasteiger partial charge in [0.15, 0.2) is 0 Å². The van der Waals surface area contributed by atoms with E-state index in [4.69, 9.17) is 0 Å². The van der Waals surface area contributed by atoms with E-state index in [1.807, 2.05) is 24.3 Å². The first-order chi connectivity index (χ1) is 14.5. The summed E-state index contributed by atoms with van der Waals surface area (Å²) in [5.74, 6) is -0.176. The second-order valence-electron chi connectivity index (χ2n) is 8.60. The molecule has 2 aliphatic heterocycles. The molecule has 0 aromatic heterocycles. The Labute approximate surface area is 176 Å². The molecule has 2 amide bonds. The number of aliphatic hydroxyl groups is 1. The molecule has 2 fully saturated rings. The number of benzene rings is 2. The first kappa shape index (κ1) is 19.1. The number of anilines is 1. The number of hydrogen-bond acceptors (Lipinski definition) is 4. The zero-order valence-corrected chi connectivity index (χ0v) is 17.1. The van der Waals surface area contributed by atoms with Crippen molar-refractivity contribution >= 4 is 17.5 Å². The van der Waals surface area contributed by atoms with Gasteiger partial charge in [-0.25, -0.2) is 0 Å². The van der Waals surface area contributed by atoms with Crippen LogP contribution in [-0.2, 0) is 17.8 Å². The minimum atomic E-state index is -1.13. The van der Waals surface area contributed by atoms with Crippen molar-refractivity contribution in [3.63, 3.8) is 0 Å². The van der Waals surface area contributed by atoms with Crippen molar-refractivity contribution in [3.8, 4) is 0 Å². The second-order valence-corrected chi connectivity index (χ2v) is 8.60. The van der Waals surface area contributed by atoms with Crippen LogP contribution in [0.2, 0.25) is 0 Å². The third kappa shape index (κ3) is 3.56. The zero-order chi connectivity index (χ0) is 20.7. The van der Waals surface area contributed by atoms with Crippen molar-refractivity contribution in [1.82, 2.24) is 9.80 Å². The summed E-state index contributed by atoms with van der Waals surface area (Å²) in [6.07, 6.45) is 2.15. The topological polar surface area (TPSA) is 64.1 Å². The molecular weight excluding hydrogens is 378 g/mol. The summed E-state index contributed by atoms with van der Waals surface area (Å²) in [7, 11) is 0. The highest BCUT2D eigenvalue weighted by atomic mass is 16.3. The van der Waals surface area contributed by atoms with E-state index in [9.17, 15) is 14.7 Å². The summed E-state index contributed by atoms with van der Waals surface area (Å²) >= 11 is 0. The van der Waals surface area contributed by atoms with E-state index in [-0.39, 0.29) is 11.8 Å². The van der Waals surface area contributed by atoms with Crippen LogP contribution in [0.3, 0.4) is 0 Å². The van der Waals surface area contributed by atoms with Gasteiger partial charge in [-0.2, -0.15) is 0 Å². The molecule has 0 atom stereocenters. The average molecular weight is 405 g/mol. The third-order valence-corrected chi connectivity index (χ3v) is 6.59. The molecule has 2 heterocycles. The lowest BCUT2D eigenvalue weighted by Gasteiger charge is -2.36. The first-order valence-electron chi connectivity index (χ1n) is 10.8. The van der Waals surface area contributed by atoms with Gasteiger partial charge in [0, 0.05) is 50.5 Å². The van der Waals surface area contributed by atoms with Crippen LogP contribution < -0.4 is 4.90 Å². The van der Waals surface area contributed by atoms with Crippen molar-refractivity contribution < 1.29 is 14.7 Å². The SMILES string of the molecule is O=C(c1ccc(N2CCc3ccccc3C2)cc1)N1CCN(C(=O)C2(O)CC2)CC1. The Kier molecular flexibility index (Phi) is 4.74. The van der Waals surface area contributed by atoms with Gasteiger partial charge >= 0.3 is 0 Å². The Balaban J connectivity index is 1.20. The summed E-state index contributed by atoms with van der Waals surface area (Å²) in [4.78, 5) is 31.0. The van der Waals surface area contributed by atoms with Crippen LogP contribution in [-0.4, -0.2) is 65.0 Å². The van der Waals surface area contributed by atoms with Crippen molar-refractivity contribution in [1.29, 1.82) is 0 Å². The molecule has 1 aliphatic carbocycles. The average Bonchev–Trinajstić information content (AvgIpc) is 3.56. The molecule has 6 nitrogen and oxygen atoms in total. The van der Waals surface area contributed by atoms with Gasteiger partial charge in [0.05, 0.1) is 0 Å². The van der Waals surface area contributed by atoms with Gasteiger partial charge in [-0.05, 0) is 54.7 Å². The summed E-state index contributed by atoms with van der Waals surface area (Å²) in [6, 6.07) is 16.4. The summed E-state index contributed by atoms with van der Waals surface area (Å²) in [5.41, 5.74) is 3.47. The highest BCUT2D eigenvalue weighted by Gasteiger charge is 2.50. The van der Waals surface area contributed by atoms with Crippen molar-refractivity contribution in [3.05, 3.63) is 65.2 Å². The molecule has 2 aromatic carbocycles. The molecule has 1 saturated carbocycles. The Morgan fingerprint density at radius 2 is 1.43 bits per heavy atom. The minimum Gasteiger partial charge on any atom is -0.380 e. The second kappa shape index (κ2) is 7.43. The lowest BCUT2D eigenvalue weighted by Crippen LogP contribution is -2.53. The van der Waals surface area contributed by atoms with Crippen LogP contribution in [0.15, 0.2) is 48.5 Å². The molecule has 0 bridgehead atoms. The van der Waals surface area contributed by atoms with E-state index in [1.54, 1.807) is 9.80 Å². The van der Waals surface area contributed by atoms with Gasteiger partial charge < -0.3 is 19.8 Å². The molecule has 1 saturated heterocycles. The Bertz CT molecular complexity index is 960. The van der Waals surface area contributed by atoms with Crippen LogP contribution in [0.1, 0.15) is 34.3 Å². The zero-order valence-electron chi connectivity index (χ0n) is 17.1. The number of piperazine rings is 1. The van der Waals surface area contributed by atoms with E-state index in [0.29, 0.717) is 44.6 Å². The number of carbonyl (C=O) groups excluding carboxylic acids is 2. The van der Waals surface area contributed by atoms with E-state index < -0.39 is 5.60 Å². The largest absolute Gasteiger partial charge is 0.380 e. The Morgan fingerprint density at radius 1 is 0.800 bits per heavy atom. The molecule has 0 spiro atoms. The van der Waals surface area contributed by atoms with Crippen LogP contribution in [0.5, 0.6) is 0 Å². The molecule has 156 valence electrons. The lowest BCUT2D eigenvalue weighted by molar-refractivity contribution is -0.143. The molecule has 0 unspecified atom stereocenters. The number of carbonyl (C=O) groups is 2. The Morgan fingerprint density at radius 3 is 2.10 bits per heavy atom. The van der Waals surface area contributed by atoms with Gasteiger partial charge in [0.2, 0.25) is 0 Å². The van der Waals surface area contributed by atoms with Gasteiger partial charge in [0.1, 0.15) is 5.60 Å². The van der Waals surface area contributed by atoms with Gasteiger partial charge in [-0.3, -0.25) is 9.59 Å². The number of hydrogen-bond donors (Lipinski definition) is 1. The summed E-state index contributed by atoms with van der Waals surface area (Å²) in [6.45, 7) is 3.85. The molecule has 30 heavy (non-hydrogen) atoms. The fourth-order valence-corrected chi connectivity index (χ4v) is 4.45. The summed E-state index contributed by atoms with van der Waals surface area (Å²) < 4.78 is 0. The van der Waals surface area contributed by atoms with Gasteiger partial charge in [-0.1, -0.05) is 24.3 Å². The quantitative estimate of drug-likeness (QED) is 0.849. The third-order valence-electron chi connectivity index (χ3n) is 6.59. The smallest absolute Gasteiger partial charge is 0.254 e. The maximum Gasteiger partial charge on any atom is 0.254 e. The molecule has 1 N–H and O–H groups in total. The molecule has 5 rings (SSSR count). The Hall–Kier alpha value is -2.86. The minimum absolute atomic E-state index is 0.00257. The standard InChI is InChI=1S/C24H27N3O3/c28-22(25-13-15-26(16-14-25)23(29)24(30)10-11-24)19-5-7-21(8-6-19)27-12-9-18-3-1-2-4-20(18)17-27/h1-8,30H,9-17H2. The molecule has 6 heteroatoms. The van der Waals surface area contributed by atoms with E-state index in [1.165, 1.54) is 11.1 Å². The highest BCUT2D eigenvalue weighted by molar-refractivity contribution is 5.95. The molecule has 0 radical (unpaired) electrons. The molecule has 3 aliphatic rings. The molecule has 2 aromatic rings. The lowest BCUT2D eigenvalue weighted by atomic mass is 9.99. The maximum atomic E-state index is 12.9. The van der Waals surface area contributed by atoms with E-state index >= 15 is 0 Å². The fraction of sp³-hybridized carbons (Fsp3) is 0.417. The predicted octanol–water partition coefficient (Wildman–Crippen LogP) is 2.06. The fourth-order valence-electron chi connectivity index (χ4n) is 4.45. The number of rotatable bonds is 3. The molecular formula is C24H27N3O3. The van der Waals surface area contributed by atoms with Crippen LogP contribution in [0.4, 0.5) is 5.69 Å². The van der Waals surface area contributed by atoms with Crippen LogP contribution >= 0.6 is 0 Å². The summed E-state index contributed by atoms with van der Waals surface area (Å²) in [5, 5.41) is 10.0. The van der Waals surface area contributed by atoms with E-state index in [2.05, 4.69) is 29.2 Å². The van der Waals surface area contributed by atoms with Crippen molar-refractivity contribution in [2.45, 2.75) is 31.4 Å². The van der Waals surface area contributed by atoms with Crippen LogP contribution in [0.25, 0.3) is 0 Å². The normalized spacial score (nSPS) is 20.0. The van der Waals surface area contributed by atoms with Gasteiger partial charge in [0.25, 0.3) is 11.8 Å². The predicted molar refractivity (Wildman–Crippen MR) is 114 cm³/mol. The monoisotopic (exact) mass is 405 g/mol. The highest BCUT2D eigenvalue weighted by Crippen LogP contribution is 2.37. The van der Waals surface area contributed by atoms with Crippen LogP contribution in [0, 0.1) is 0 Å². The number of fused-ring (bicyclic) bond motifs is 1. The maximum absolute atomic E-state index is 12.9. The van der Waals surface area contributed by atoms with E-state index in [0.717, 1.165) is 25.2 Å². The van der Waals surface area contributed by atoms with Crippen molar-refractivity contribution in [2.75, 3.05) is 37.6 Å². The first-order valence-corrected chi connectivity index (χ1v) is 10.8. The number of nitrogens with zero attached hydrogens (tertiary/aromatic N) is 3. The van der Waals surface area contributed by atoms with Gasteiger partial charge in [-0.15, -0.1) is 0 Å².